The number of ether oxygens (including phenoxy) is 1. The van der Waals surface area contributed by atoms with E-state index in [1.54, 1.807) is 0 Å². The van der Waals surface area contributed by atoms with Crippen molar-refractivity contribution < 1.29 is 9.53 Å². The fraction of sp³-hybridized carbons (Fsp3) is 0.900. The minimum Gasteiger partial charge on any atom is -0.466 e. The van der Waals surface area contributed by atoms with Crippen LogP contribution in [0.3, 0.4) is 0 Å². The molecule has 0 spiro atoms. The third-order valence-corrected chi connectivity index (χ3v) is 2.57. The second-order valence-corrected chi connectivity index (χ2v) is 3.47. The Kier molecular flexibility index (Phi) is 9.62. The second-order valence-electron chi connectivity index (χ2n) is 3.47. The molecular weight excluding hydrogens is 246 g/mol. The second kappa shape index (κ2) is 8.24. The summed E-state index contributed by atoms with van der Waals surface area (Å²) >= 11 is 0. The van der Waals surface area contributed by atoms with Crippen molar-refractivity contribution in [3.8, 4) is 0 Å². The van der Waals surface area contributed by atoms with Crippen LogP contribution in [0, 0.1) is 0 Å². The number of carbonyl (C=O) groups excluding carboxylic acids is 1. The van der Waals surface area contributed by atoms with Gasteiger partial charge in [0.2, 0.25) is 0 Å². The zero-order chi connectivity index (χ0) is 10.3. The Bertz CT molecular complexity index is 158. The zero-order valence-electron chi connectivity index (χ0n) is 9.55. The van der Waals surface area contributed by atoms with E-state index in [4.69, 9.17) is 4.74 Å². The van der Waals surface area contributed by atoms with Gasteiger partial charge in [-0.2, -0.15) is 0 Å². The minimum atomic E-state index is -0.0996. The van der Waals surface area contributed by atoms with Crippen molar-refractivity contribution in [1.82, 2.24) is 5.32 Å². The van der Waals surface area contributed by atoms with Gasteiger partial charge in [-0.3, -0.25) is 4.79 Å². The van der Waals surface area contributed by atoms with Crippen molar-refractivity contribution >= 4 is 23.0 Å². The number of hydrogen-bond donors (Lipinski definition) is 1. The molecule has 0 radical (unpaired) electrons. The maximum absolute atomic E-state index is 11.1. The van der Waals surface area contributed by atoms with E-state index in [9.17, 15) is 4.79 Å². The van der Waals surface area contributed by atoms with E-state index in [0.717, 1.165) is 12.8 Å². The van der Waals surface area contributed by atoms with Gasteiger partial charge >= 0.3 is 5.97 Å². The SMILES string of the molecule is Br.CCOC(=O)CCC(C)(CC)NC. The van der Waals surface area contributed by atoms with E-state index < -0.39 is 0 Å². The maximum atomic E-state index is 11.1. The average molecular weight is 268 g/mol. The molecule has 14 heavy (non-hydrogen) atoms. The molecular formula is C10H22BrNO2. The van der Waals surface area contributed by atoms with Crippen LogP contribution in [0.4, 0.5) is 0 Å². The Balaban J connectivity index is 0. The van der Waals surface area contributed by atoms with Crippen LogP contribution in [-0.4, -0.2) is 25.2 Å². The van der Waals surface area contributed by atoms with Gasteiger partial charge in [0.15, 0.2) is 0 Å². The van der Waals surface area contributed by atoms with E-state index in [2.05, 4.69) is 19.2 Å². The molecule has 0 aromatic carbocycles. The molecule has 0 saturated carbocycles. The van der Waals surface area contributed by atoms with E-state index in [1.807, 2.05) is 14.0 Å². The molecule has 0 aliphatic carbocycles. The van der Waals surface area contributed by atoms with E-state index in [1.165, 1.54) is 0 Å². The van der Waals surface area contributed by atoms with Gasteiger partial charge in [-0.05, 0) is 33.7 Å². The van der Waals surface area contributed by atoms with Crippen LogP contribution in [-0.2, 0) is 9.53 Å². The lowest BCUT2D eigenvalue weighted by molar-refractivity contribution is -0.143. The first-order valence-electron chi connectivity index (χ1n) is 4.92. The van der Waals surface area contributed by atoms with Gasteiger partial charge in [0.25, 0.3) is 0 Å². The molecule has 1 N–H and O–H groups in total. The number of hydrogen-bond acceptors (Lipinski definition) is 3. The summed E-state index contributed by atoms with van der Waals surface area (Å²) < 4.78 is 4.86. The number of halogens is 1. The summed E-state index contributed by atoms with van der Waals surface area (Å²) in [5, 5.41) is 3.22. The van der Waals surface area contributed by atoms with Crippen LogP contribution in [0.1, 0.15) is 40.0 Å². The zero-order valence-corrected chi connectivity index (χ0v) is 11.3. The van der Waals surface area contributed by atoms with Crippen LogP contribution in [0.2, 0.25) is 0 Å². The third-order valence-electron chi connectivity index (χ3n) is 2.57. The fourth-order valence-corrected chi connectivity index (χ4v) is 1.09. The van der Waals surface area contributed by atoms with Gasteiger partial charge in [-0.1, -0.05) is 6.92 Å². The Morgan fingerprint density at radius 3 is 2.36 bits per heavy atom. The predicted octanol–water partition coefficient (Wildman–Crippen LogP) is 2.30. The molecule has 1 unspecified atom stereocenters. The first kappa shape index (κ1) is 16.3. The number of rotatable bonds is 6. The molecule has 0 heterocycles. The van der Waals surface area contributed by atoms with E-state index in [-0.39, 0.29) is 28.5 Å². The summed E-state index contributed by atoms with van der Waals surface area (Å²) in [5.41, 5.74) is 0.0623. The van der Waals surface area contributed by atoms with Crippen molar-refractivity contribution in [3.05, 3.63) is 0 Å². The van der Waals surface area contributed by atoms with Crippen molar-refractivity contribution in [1.29, 1.82) is 0 Å². The number of nitrogens with one attached hydrogen (secondary N) is 1. The maximum Gasteiger partial charge on any atom is 0.305 e. The van der Waals surface area contributed by atoms with Crippen LogP contribution < -0.4 is 5.32 Å². The molecule has 0 amide bonds. The fourth-order valence-electron chi connectivity index (χ4n) is 1.09. The first-order chi connectivity index (χ1) is 6.08. The molecule has 0 saturated heterocycles. The van der Waals surface area contributed by atoms with Crippen LogP contribution in [0.25, 0.3) is 0 Å². The largest absolute Gasteiger partial charge is 0.466 e. The summed E-state index contributed by atoms with van der Waals surface area (Å²) in [4.78, 5) is 11.1. The van der Waals surface area contributed by atoms with Crippen LogP contribution >= 0.6 is 17.0 Å². The Morgan fingerprint density at radius 2 is 2.00 bits per heavy atom. The quantitative estimate of drug-likeness (QED) is 0.751. The molecule has 0 aromatic heterocycles. The summed E-state index contributed by atoms with van der Waals surface area (Å²) in [6, 6.07) is 0. The highest BCUT2D eigenvalue weighted by atomic mass is 79.9. The molecule has 0 fully saturated rings. The van der Waals surface area contributed by atoms with Gasteiger partial charge in [0, 0.05) is 12.0 Å². The third kappa shape index (κ3) is 6.38. The molecule has 0 aliphatic rings. The van der Waals surface area contributed by atoms with Crippen molar-refractivity contribution in [2.75, 3.05) is 13.7 Å². The normalized spacial score (nSPS) is 14.0. The lowest BCUT2D eigenvalue weighted by Gasteiger charge is -2.27. The van der Waals surface area contributed by atoms with Gasteiger partial charge in [0.05, 0.1) is 6.61 Å². The monoisotopic (exact) mass is 267 g/mol. The molecule has 86 valence electrons. The topological polar surface area (TPSA) is 38.3 Å². The van der Waals surface area contributed by atoms with E-state index in [0.29, 0.717) is 13.0 Å². The van der Waals surface area contributed by atoms with E-state index >= 15 is 0 Å². The van der Waals surface area contributed by atoms with Gasteiger partial charge in [-0.25, -0.2) is 0 Å². The lowest BCUT2D eigenvalue weighted by atomic mass is 9.93. The van der Waals surface area contributed by atoms with Gasteiger partial charge in [0.1, 0.15) is 0 Å². The molecule has 4 heteroatoms. The van der Waals surface area contributed by atoms with Crippen LogP contribution in [0.5, 0.6) is 0 Å². The van der Waals surface area contributed by atoms with Crippen molar-refractivity contribution in [2.45, 2.75) is 45.6 Å². The molecule has 0 aromatic rings. The predicted molar refractivity (Wildman–Crippen MR) is 63.9 cm³/mol. The van der Waals surface area contributed by atoms with Crippen molar-refractivity contribution in [2.24, 2.45) is 0 Å². The first-order valence-corrected chi connectivity index (χ1v) is 4.92. The molecule has 1 atom stereocenters. The molecule has 3 nitrogen and oxygen atoms in total. The average Bonchev–Trinajstić information content (AvgIpc) is 2.15. The highest BCUT2D eigenvalue weighted by Crippen LogP contribution is 2.15. The Hall–Kier alpha value is -0.0900. The minimum absolute atomic E-state index is 0. The molecule has 0 rings (SSSR count). The Morgan fingerprint density at radius 1 is 1.43 bits per heavy atom. The highest BCUT2D eigenvalue weighted by Gasteiger charge is 2.20. The lowest BCUT2D eigenvalue weighted by Crippen LogP contribution is -2.39. The van der Waals surface area contributed by atoms with Gasteiger partial charge in [-0.15, -0.1) is 17.0 Å². The van der Waals surface area contributed by atoms with Crippen LogP contribution in [0.15, 0.2) is 0 Å². The molecule has 0 aliphatic heterocycles. The summed E-state index contributed by atoms with van der Waals surface area (Å²) in [7, 11) is 1.93. The molecule has 0 bridgehead atoms. The Labute approximate surface area is 97.4 Å². The van der Waals surface area contributed by atoms with Crippen molar-refractivity contribution in [3.63, 3.8) is 0 Å². The summed E-state index contributed by atoms with van der Waals surface area (Å²) in [6.07, 6.45) is 2.35. The smallest absolute Gasteiger partial charge is 0.305 e. The summed E-state index contributed by atoms with van der Waals surface area (Å²) in [6.45, 7) is 6.53. The number of carbonyl (C=O) groups is 1. The standard InChI is InChI=1S/C10H21NO2.BrH/c1-5-10(3,11-4)8-7-9(12)13-6-2;/h11H,5-8H2,1-4H3;1H. The van der Waals surface area contributed by atoms with Gasteiger partial charge < -0.3 is 10.1 Å². The number of esters is 1. The summed E-state index contributed by atoms with van der Waals surface area (Å²) in [5.74, 6) is -0.0996. The highest BCUT2D eigenvalue weighted by molar-refractivity contribution is 8.93.